The molecular formula is C19H30N4. The van der Waals surface area contributed by atoms with Gasteiger partial charge in [0, 0.05) is 17.8 Å². The molecule has 0 bridgehead atoms. The molecule has 2 aliphatic rings. The molecule has 0 amide bonds. The molecule has 4 nitrogen and oxygen atoms in total. The topological polar surface area (TPSA) is 62.4 Å². The summed E-state index contributed by atoms with van der Waals surface area (Å²) in [7, 11) is 0. The summed E-state index contributed by atoms with van der Waals surface area (Å²) < 4.78 is 0. The van der Waals surface area contributed by atoms with Gasteiger partial charge in [0.15, 0.2) is 5.96 Å². The molecular weight excluding hydrogens is 284 g/mol. The van der Waals surface area contributed by atoms with E-state index in [4.69, 9.17) is 10.7 Å². The zero-order valence-electron chi connectivity index (χ0n) is 14.7. The van der Waals surface area contributed by atoms with Gasteiger partial charge < -0.3 is 16.4 Å². The lowest BCUT2D eigenvalue weighted by atomic mass is 9.91. The number of hydrogen-bond acceptors (Lipinski definition) is 2. The average molecular weight is 314 g/mol. The SMILES string of the molecule is Cc1cc(C)c(NC(=N[C@H]2CCCC[C@@H]2N)NC2CC2)c(C)c1. The minimum Gasteiger partial charge on any atom is -0.353 e. The predicted molar refractivity (Wildman–Crippen MR) is 98.1 cm³/mol. The molecule has 0 unspecified atom stereocenters. The van der Waals surface area contributed by atoms with Crippen LogP contribution in [0.3, 0.4) is 0 Å². The second kappa shape index (κ2) is 6.91. The lowest BCUT2D eigenvalue weighted by molar-refractivity contribution is 0.386. The van der Waals surface area contributed by atoms with E-state index in [9.17, 15) is 0 Å². The molecule has 0 heterocycles. The van der Waals surface area contributed by atoms with Crippen LogP contribution in [0.15, 0.2) is 17.1 Å². The maximum atomic E-state index is 6.28. The summed E-state index contributed by atoms with van der Waals surface area (Å²) in [5, 5.41) is 7.12. The van der Waals surface area contributed by atoms with Crippen LogP contribution in [-0.2, 0) is 0 Å². The van der Waals surface area contributed by atoms with Crippen molar-refractivity contribution in [1.29, 1.82) is 0 Å². The van der Waals surface area contributed by atoms with Crippen molar-refractivity contribution < 1.29 is 0 Å². The Balaban J connectivity index is 1.81. The monoisotopic (exact) mass is 314 g/mol. The highest BCUT2D eigenvalue weighted by atomic mass is 15.2. The van der Waals surface area contributed by atoms with Crippen LogP contribution in [0.25, 0.3) is 0 Å². The van der Waals surface area contributed by atoms with E-state index in [2.05, 4.69) is 43.5 Å². The smallest absolute Gasteiger partial charge is 0.196 e. The third-order valence-electron chi connectivity index (χ3n) is 4.92. The number of rotatable bonds is 3. The molecule has 0 spiro atoms. The number of benzene rings is 1. The van der Waals surface area contributed by atoms with E-state index in [0.29, 0.717) is 6.04 Å². The summed E-state index contributed by atoms with van der Waals surface area (Å²) in [6, 6.07) is 5.45. The standard InChI is InChI=1S/C19H30N4/c1-12-10-13(2)18(14(3)11-12)23-19(21-15-8-9-15)22-17-7-5-4-6-16(17)20/h10-11,15-17H,4-9,20H2,1-3H3,(H2,21,22,23)/t16-,17-/m0/s1. The third kappa shape index (κ3) is 4.25. The van der Waals surface area contributed by atoms with E-state index in [1.807, 2.05) is 0 Å². The summed E-state index contributed by atoms with van der Waals surface area (Å²) in [6.45, 7) is 6.45. The molecule has 0 saturated heterocycles. The molecule has 4 N–H and O–H groups in total. The number of hydrogen-bond donors (Lipinski definition) is 3. The Kier molecular flexibility index (Phi) is 4.90. The number of nitrogens with zero attached hydrogens (tertiary/aromatic N) is 1. The maximum Gasteiger partial charge on any atom is 0.196 e. The molecule has 3 rings (SSSR count). The molecule has 0 aromatic heterocycles. The molecule has 1 aromatic rings. The number of aliphatic imine (C=N–C) groups is 1. The molecule has 0 radical (unpaired) electrons. The second-order valence-corrected chi connectivity index (χ2v) is 7.31. The highest BCUT2D eigenvalue weighted by molar-refractivity contribution is 5.95. The Morgan fingerprint density at radius 1 is 1.04 bits per heavy atom. The molecule has 23 heavy (non-hydrogen) atoms. The van der Waals surface area contributed by atoms with E-state index in [1.54, 1.807) is 0 Å². The number of nitrogens with two attached hydrogens (primary N) is 1. The first-order chi connectivity index (χ1) is 11.0. The summed E-state index contributed by atoms with van der Waals surface area (Å²) in [6.07, 6.45) is 7.15. The first-order valence-corrected chi connectivity index (χ1v) is 8.97. The molecule has 1 aromatic carbocycles. The fraction of sp³-hybridized carbons (Fsp3) is 0.632. The van der Waals surface area contributed by atoms with Gasteiger partial charge in [0.05, 0.1) is 6.04 Å². The zero-order valence-corrected chi connectivity index (χ0v) is 14.7. The van der Waals surface area contributed by atoms with E-state index in [1.165, 1.54) is 48.1 Å². The molecule has 4 heteroatoms. The van der Waals surface area contributed by atoms with Crippen LogP contribution >= 0.6 is 0 Å². The Morgan fingerprint density at radius 3 is 2.30 bits per heavy atom. The van der Waals surface area contributed by atoms with Crippen molar-refractivity contribution in [3.05, 3.63) is 28.8 Å². The van der Waals surface area contributed by atoms with Gasteiger partial charge in [-0.25, -0.2) is 4.99 Å². The van der Waals surface area contributed by atoms with Gasteiger partial charge >= 0.3 is 0 Å². The Hall–Kier alpha value is -1.55. The van der Waals surface area contributed by atoms with Crippen LogP contribution in [-0.4, -0.2) is 24.1 Å². The van der Waals surface area contributed by atoms with Crippen LogP contribution in [0.4, 0.5) is 5.69 Å². The van der Waals surface area contributed by atoms with Crippen molar-refractivity contribution in [3.63, 3.8) is 0 Å². The Morgan fingerprint density at radius 2 is 1.70 bits per heavy atom. The van der Waals surface area contributed by atoms with Crippen molar-refractivity contribution in [2.24, 2.45) is 10.7 Å². The molecule has 2 fully saturated rings. The Bertz CT molecular complexity index is 566. The molecule has 0 aliphatic heterocycles. The van der Waals surface area contributed by atoms with Crippen molar-refractivity contribution >= 4 is 11.6 Å². The quantitative estimate of drug-likeness (QED) is 0.592. The van der Waals surface area contributed by atoms with Crippen molar-refractivity contribution in [2.75, 3.05) is 5.32 Å². The van der Waals surface area contributed by atoms with Crippen LogP contribution in [0.5, 0.6) is 0 Å². The first-order valence-electron chi connectivity index (χ1n) is 8.97. The van der Waals surface area contributed by atoms with Gasteiger partial charge in [0.1, 0.15) is 0 Å². The van der Waals surface area contributed by atoms with E-state index >= 15 is 0 Å². The highest BCUT2D eigenvalue weighted by Gasteiger charge is 2.26. The fourth-order valence-electron chi connectivity index (χ4n) is 3.49. The zero-order chi connectivity index (χ0) is 16.4. The first kappa shape index (κ1) is 16.3. The molecule has 2 saturated carbocycles. The van der Waals surface area contributed by atoms with Crippen LogP contribution in [0.2, 0.25) is 0 Å². The van der Waals surface area contributed by atoms with Gasteiger partial charge in [0.25, 0.3) is 0 Å². The largest absolute Gasteiger partial charge is 0.353 e. The summed E-state index contributed by atoms with van der Waals surface area (Å²) in [5.74, 6) is 0.907. The van der Waals surface area contributed by atoms with Gasteiger partial charge in [0.2, 0.25) is 0 Å². The lowest BCUT2D eigenvalue weighted by Gasteiger charge is -2.27. The third-order valence-corrected chi connectivity index (χ3v) is 4.92. The van der Waals surface area contributed by atoms with Crippen LogP contribution in [0, 0.1) is 20.8 Å². The summed E-state index contributed by atoms with van der Waals surface area (Å²) >= 11 is 0. The van der Waals surface area contributed by atoms with Crippen LogP contribution in [0.1, 0.15) is 55.2 Å². The number of nitrogens with one attached hydrogen (secondary N) is 2. The maximum absolute atomic E-state index is 6.28. The molecule has 126 valence electrons. The average Bonchev–Trinajstić information content (AvgIpc) is 3.29. The predicted octanol–water partition coefficient (Wildman–Crippen LogP) is 3.40. The van der Waals surface area contributed by atoms with E-state index in [0.717, 1.165) is 18.8 Å². The van der Waals surface area contributed by atoms with Gasteiger partial charge in [-0.2, -0.15) is 0 Å². The van der Waals surface area contributed by atoms with Crippen molar-refractivity contribution in [1.82, 2.24) is 5.32 Å². The normalized spacial score (nSPS) is 25.3. The van der Waals surface area contributed by atoms with Crippen molar-refractivity contribution in [3.8, 4) is 0 Å². The van der Waals surface area contributed by atoms with Crippen molar-refractivity contribution in [2.45, 2.75) is 77.4 Å². The second-order valence-electron chi connectivity index (χ2n) is 7.31. The summed E-state index contributed by atoms with van der Waals surface area (Å²) in [5.41, 5.74) is 11.3. The van der Waals surface area contributed by atoms with Gasteiger partial charge in [-0.3, -0.25) is 0 Å². The fourth-order valence-corrected chi connectivity index (χ4v) is 3.49. The number of aryl methyl sites for hydroxylation is 3. The number of anilines is 1. The van der Waals surface area contributed by atoms with Gasteiger partial charge in [-0.05, 0) is 57.6 Å². The van der Waals surface area contributed by atoms with Gasteiger partial charge in [-0.1, -0.05) is 30.5 Å². The lowest BCUT2D eigenvalue weighted by Crippen LogP contribution is -2.40. The van der Waals surface area contributed by atoms with Crippen LogP contribution < -0.4 is 16.4 Å². The minimum atomic E-state index is 0.196. The molecule has 2 aliphatic carbocycles. The molecule has 2 atom stereocenters. The highest BCUT2D eigenvalue weighted by Crippen LogP contribution is 2.25. The van der Waals surface area contributed by atoms with Gasteiger partial charge in [-0.15, -0.1) is 0 Å². The summed E-state index contributed by atoms with van der Waals surface area (Å²) in [4.78, 5) is 4.97. The van der Waals surface area contributed by atoms with E-state index < -0.39 is 0 Å². The Labute approximate surface area is 139 Å². The van der Waals surface area contributed by atoms with E-state index in [-0.39, 0.29) is 12.1 Å². The number of guanidine groups is 1. The minimum absolute atomic E-state index is 0.196.